The molecule has 1 aromatic rings. The molecule has 0 saturated heterocycles. The predicted octanol–water partition coefficient (Wildman–Crippen LogP) is 2.79. The summed E-state index contributed by atoms with van der Waals surface area (Å²) in [6.07, 6.45) is 6.14. The van der Waals surface area contributed by atoms with Crippen LogP contribution in [0.5, 0.6) is 5.88 Å². The van der Waals surface area contributed by atoms with Crippen LogP contribution in [0, 0.1) is 5.92 Å². The molecule has 1 heterocycles. The van der Waals surface area contributed by atoms with Crippen LogP contribution in [0.25, 0.3) is 0 Å². The molecule has 1 aliphatic carbocycles. The normalized spacial score (nSPS) is 22.8. The van der Waals surface area contributed by atoms with E-state index in [0.29, 0.717) is 24.1 Å². The van der Waals surface area contributed by atoms with Gasteiger partial charge in [-0.15, -0.1) is 0 Å². The minimum atomic E-state index is -0.0323. The van der Waals surface area contributed by atoms with E-state index >= 15 is 0 Å². The fraction of sp³-hybridized carbons (Fsp3) is 0.600. The smallest absolute Gasteiger partial charge is 0.253 e. The van der Waals surface area contributed by atoms with Gasteiger partial charge in [-0.1, -0.05) is 6.92 Å². The monoisotopic (exact) mass is 262 g/mol. The van der Waals surface area contributed by atoms with Crippen molar-refractivity contribution in [1.29, 1.82) is 0 Å². The lowest BCUT2D eigenvalue weighted by Crippen LogP contribution is -2.37. The fourth-order valence-corrected chi connectivity index (χ4v) is 2.42. The highest BCUT2D eigenvalue weighted by molar-refractivity contribution is 5.94. The quantitative estimate of drug-likeness (QED) is 0.907. The molecule has 0 atom stereocenters. The third-order valence-electron chi connectivity index (χ3n) is 3.64. The highest BCUT2D eigenvalue weighted by Crippen LogP contribution is 2.23. The lowest BCUT2D eigenvalue weighted by atomic mass is 9.87. The predicted molar refractivity (Wildman–Crippen MR) is 74.3 cm³/mol. The number of ether oxygens (including phenoxy) is 1. The second-order valence-electron chi connectivity index (χ2n) is 5.25. The summed E-state index contributed by atoms with van der Waals surface area (Å²) < 4.78 is 5.26. The summed E-state index contributed by atoms with van der Waals surface area (Å²) in [6.45, 7) is 4.76. The van der Waals surface area contributed by atoms with Gasteiger partial charge >= 0.3 is 0 Å². The minimum Gasteiger partial charge on any atom is -0.478 e. The standard InChI is InChI=1S/C15H22N2O2/c1-3-19-14-9-6-12(10-16-14)15(18)17-13-7-4-11(2)5-8-13/h6,9-11,13H,3-5,7-8H2,1-2H3,(H,17,18). The molecular formula is C15H22N2O2. The van der Waals surface area contributed by atoms with Crippen molar-refractivity contribution in [3.8, 4) is 5.88 Å². The Morgan fingerprint density at radius 2 is 2.11 bits per heavy atom. The molecule has 0 spiro atoms. The van der Waals surface area contributed by atoms with E-state index in [-0.39, 0.29) is 5.91 Å². The average molecular weight is 262 g/mol. The Morgan fingerprint density at radius 3 is 2.68 bits per heavy atom. The SMILES string of the molecule is CCOc1ccc(C(=O)NC2CCC(C)CC2)cn1. The minimum absolute atomic E-state index is 0.0323. The van der Waals surface area contributed by atoms with E-state index in [2.05, 4.69) is 17.2 Å². The maximum atomic E-state index is 12.1. The van der Waals surface area contributed by atoms with Crippen LogP contribution < -0.4 is 10.1 Å². The molecule has 0 unspecified atom stereocenters. The Labute approximate surface area is 114 Å². The first-order valence-electron chi connectivity index (χ1n) is 7.08. The molecule has 4 nitrogen and oxygen atoms in total. The summed E-state index contributed by atoms with van der Waals surface area (Å²) in [5.41, 5.74) is 0.599. The number of amides is 1. The van der Waals surface area contributed by atoms with Crippen molar-refractivity contribution in [2.45, 2.75) is 45.6 Å². The number of carbonyl (C=O) groups is 1. The highest BCUT2D eigenvalue weighted by atomic mass is 16.5. The van der Waals surface area contributed by atoms with Crippen LogP contribution >= 0.6 is 0 Å². The molecule has 0 bridgehead atoms. The molecule has 0 aromatic carbocycles. The van der Waals surface area contributed by atoms with Crippen molar-refractivity contribution < 1.29 is 9.53 Å². The molecule has 1 fully saturated rings. The van der Waals surface area contributed by atoms with Crippen molar-refractivity contribution in [3.05, 3.63) is 23.9 Å². The van der Waals surface area contributed by atoms with Gasteiger partial charge in [-0.05, 0) is 44.6 Å². The number of nitrogens with zero attached hydrogens (tertiary/aromatic N) is 1. The average Bonchev–Trinajstić information content (AvgIpc) is 2.42. The molecule has 1 saturated carbocycles. The van der Waals surface area contributed by atoms with Gasteiger partial charge < -0.3 is 10.1 Å². The first-order valence-corrected chi connectivity index (χ1v) is 7.08. The second-order valence-corrected chi connectivity index (χ2v) is 5.25. The van der Waals surface area contributed by atoms with Gasteiger partial charge in [0.1, 0.15) is 0 Å². The number of pyridine rings is 1. The number of carbonyl (C=O) groups excluding carboxylic acids is 1. The molecule has 4 heteroatoms. The Kier molecular flexibility index (Phi) is 4.77. The molecule has 0 radical (unpaired) electrons. The topological polar surface area (TPSA) is 51.2 Å². The molecule has 1 aromatic heterocycles. The third kappa shape index (κ3) is 3.94. The lowest BCUT2D eigenvalue weighted by Gasteiger charge is -2.26. The second kappa shape index (κ2) is 6.55. The van der Waals surface area contributed by atoms with Crippen molar-refractivity contribution in [2.24, 2.45) is 5.92 Å². The molecule has 2 rings (SSSR count). The van der Waals surface area contributed by atoms with Gasteiger partial charge in [0, 0.05) is 18.3 Å². The van der Waals surface area contributed by atoms with Gasteiger partial charge in [-0.25, -0.2) is 4.98 Å². The number of nitrogens with one attached hydrogen (secondary N) is 1. The van der Waals surface area contributed by atoms with Crippen LogP contribution in [0.4, 0.5) is 0 Å². The van der Waals surface area contributed by atoms with Crippen LogP contribution in [0.3, 0.4) is 0 Å². The van der Waals surface area contributed by atoms with E-state index < -0.39 is 0 Å². The van der Waals surface area contributed by atoms with Gasteiger partial charge in [0.25, 0.3) is 5.91 Å². The number of hydrogen-bond donors (Lipinski definition) is 1. The van der Waals surface area contributed by atoms with Gasteiger partial charge in [0.2, 0.25) is 5.88 Å². The Hall–Kier alpha value is -1.58. The zero-order chi connectivity index (χ0) is 13.7. The van der Waals surface area contributed by atoms with Gasteiger partial charge in [0.05, 0.1) is 12.2 Å². The first kappa shape index (κ1) is 13.8. The summed E-state index contributed by atoms with van der Waals surface area (Å²) in [4.78, 5) is 16.2. The molecule has 1 N–H and O–H groups in total. The number of rotatable bonds is 4. The maximum absolute atomic E-state index is 12.1. The summed E-state index contributed by atoms with van der Waals surface area (Å²) in [5, 5.41) is 3.09. The van der Waals surface area contributed by atoms with Crippen molar-refractivity contribution in [1.82, 2.24) is 10.3 Å². The number of aromatic nitrogens is 1. The van der Waals surface area contributed by atoms with Gasteiger partial charge in [0.15, 0.2) is 0 Å². The van der Waals surface area contributed by atoms with E-state index in [9.17, 15) is 4.79 Å². The Morgan fingerprint density at radius 1 is 1.37 bits per heavy atom. The maximum Gasteiger partial charge on any atom is 0.253 e. The molecule has 0 aliphatic heterocycles. The first-order chi connectivity index (χ1) is 9.19. The van der Waals surface area contributed by atoms with E-state index in [4.69, 9.17) is 4.74 Å². The molecule has 19 heavy (non-hydrogen) atoms. The fourth-order valence-electron chi connectivity index (χ4n) is 2.42. The highest BCUT2D eigenvalue weighted by Gasteiger charge is 2.20. The van der Waals surface area contributed by atoms with E-state index in [1.54, 1.807) is 18.3 Å². The van der Waals surface area contributed by atoms with E-state index in [1.807, 2.05) is 6.92 Å². The lowest BCUT2D eigenvalue weighted by molar-refractivity contribution is 0.0922. The third-order valence-corrected chi connectivity index (χ3v) is 3.64. The van der Waals surface area contributed by atoms with Crippen LogP contribution in [0.15, 0.2) is 18.3 Å². The Bertz CT molecular complexity index is 409. The summed E-state index contributed by atoms with van der Waals surface area (Å²) >= 11 is 0. The molecule has 104 valence electrons. The van der Waals surface area contributed by atoms with Crippen molar-refractivity contribution in [3.63, 3.8) is 0 Å². The summed E-state index contributed by atoms with van der Waals surface area (Å²) in [6, 6.07) is 3.82. The molecule has 1 aliphatic rings. The molecular weight excluding hydrogens is 240 g/mol. The van der Waals surface area contributed by atoms with Crippen molar-refractivity contribution in [2.75, 3.05) is 6.61 Å². The Balaban J connectivity index is 1.88. The zero-order valence-electron chi connectivity index (χ0n) is 11.7. The summed E-state index contributed by atoms with van der Waals surface area (Å²) in [5.74, 6) is 1.32. The molecule has 1 amide bonds. The summed E-state index contributed by atoms with van der Waals surface area (Å²) in [7, 11) is 0. The van der Waals surface area contributed by atoms with Crippen LogP contribution in [-0.2, 0) is 0 Å². The van der Waals surface area contributed by atoms with Crippen molar-refractivity contribution >= 4 is 5.91 Å². The number of hydrogen-bond acceptors (Lipinski definition) is 3. The van der Waals surface area contributed by atoms with Crippen LogP contribution in [0.2, 0.25) is 0 Å². The largest absolute Gasteiger partial charge is 0.478 e. The van der Waals surface area contributed by atoms with Crippen LogP contribution in [0.1, 0.15) is 49.9 Å². The van der Waals surface area contributed by atoms with Gasteiger partial charge in [-0.3, -0.25) is 4.79 Å². The van der Waals surface area contributed by atoms with Crippen LogP contribution in [-0.4, -0.2) is 23.5 Å². The van der Waals surface area contributed by atoms with E-state index in [1.165, 1.54) is 12.8 Å². The van der Waals surface area contributed by atoms with E-state index in [0.717, 1.165) is 18.8 Å². The zero-order valence-corrected chi connectivity index (χ0v) is 11.7. The van der Waals surface area contributed by atoms with Gasteiger partial charge in [-0.2, -0.15) is 0 Å².